The minimum atomic E-state index is -0.798. The second-order valence-corrected chi connectivity index (χ2v) is 7.91. The Morgan fingerprint density at radius 1 is 1.18 bits per heavy atom. The van der Waals surface area contributed by atoms with Gasteiger partial charge in [0.05, 0.1) is 11.4 Å². The fourth-order valence-corrected chi connectivity index (χ4v) is 4.69. The highest BCUT2D eigenvalue weighted by Crippen LogP contribution is 2.32. The lowest BCUT2D eigenvalue weighted by molar-refractivity contribution is 0.0586. The Hall–Kier alpha value is -2.64. The fraction of sp³-hybridized carbons (Fsp3) is 0.350. The molecule has 4 heterocycles. The number of carbonyl (C=O) groups is 1. The predicted molar refractivity (Wildman–Crippen MR) is 105 cm³/mol. The first-order valence-electron chi connectivity index (χ1n) is 9.41. The number of aromatic nitrogens is 3. The van der Waals surface area contributed by atoms with Gasteiger partial charge in [0, 0.05) is 54.7 Å². The zero-order valence-corrected chi connectivity index (χ0v) is 16.0. The van der Waals surface area contributed by atoms with Crippen LogP contribution in [0.15, 0.2) is 42.7 Å². The Bertz CT molecular complexity index is 1020. The van der Waals surface area contributed by atoms with E-state index < -0.39 is 6.09 Å². The number of benzene rings is 1. The van der Waals surface area contributed by atoms with Crippen molar-refractivity contribution >= 4 is 23.5 Å². The van der Waals surface area contributed by atoms with Crippen LogP contribution in [0.2, 0.25) is 5.02 Å². The molecular weight excluding hydrogens is 378 g/mol. The minimum absolute atomic E-state index is 0.0764. The number of nitrogens with zero attached hydrogens (tertiary/aromatic N) is 5. The number of carboxylic acid groups (broad SMARTS) is 1. The van der Waals surface area contributed by atoms with Crippen molar-refractivity contribution in [2.75, 3.05) is 13.1 Å². The summed E-state index contributed by atoms with van der Waals surface area (Å²) in [6.45, 7) is 2.19. The zero-order valence-electron chi connectivity index (χ0n) is 15.2. The van der Waals surface area contributed by atoms with Gasteiger partial charge in [0.2, 0.25) is 5.78 Å². The van der Waals surface area contributed by atoms with Crippen LogP contribution in [0.3, 0.4) is 0 Å². The van der Waals surface area contributed by atoms with E-state index in [1.165, 1.54) is 0 Å². The Labute approximate surface area is 167 Å². The monoisotopic (exact) mass is 397 g/mol. The Morgan fingerprint density at radius 3 is 2.57 bits per heavy atom. The standard InChI is InChI=1S/C20H20ClN5O2/c21-14-4-2-13(3-5-14)18-17(25-9-1-8-22-19(25)23-18)12-24-10-15-6-7-16(11-24)26(15)20(27)28/h1-5,8-9,15-16H,6-7,10-12H2,(H,27,28). The summed E-state index contributed by atoms with van der Waals surface area (Å²) in [4.78, 5) is 24.7. The van der Waals surface area contributed by atoms with Crippen molar-refractivity contribution in [2.24, 2.45) is 0 Å². The third kappa shape index (κ3) is 2.91. The van der Waals surface area contributed by atoms with E-state index in [9.17, 15) is 9.90 Å². The third-order valence-electron chi connectivity index (χ3n) is 5.77. The molecule has 0 spiro atoms. The van der Waals surface area contributed by atoms with E-state index in [1.54, 1.807) is 11.1 Å². The first-order valence-corrected chi connectivity index (χ1v) is 9.79. The molecule has 1 aromatic carbocycles. The van der Waals surface area contributed by atoms with Crippen molar-refractivity contribution in [3.8, 4) is 11.3 Å². The average molecular weight is 398 g/mol. The van der Waals surface area contributed by atoms with Gasteiger partial charge < -0.3 is 5.11 Å². The highest BCUT2D eigenvalue weighted by atomic mass is 35.5. The van der Waals surface area contributed by atoms with Crippen LogP contribution >= 0.6 is 11.6 Å². The quantitative estimate of drug-likeness (QED) is 0.733. The van der Waals surface area contributed by atoms with Gasteiger partial charge in [-0.3, -0.25) is 14.2 Å². The number of imidazole rings is 1. The van der Waals surface area contributed by atoms with Gasteiger partial charge in [-0.25, -0.2) is 14.8 Å². The van der Waals surface area contributed by atoms with Crippen molar-refractivity contribution in [1.82, 2.24) is 24.2 Å². The molecule has 144 valence electrons. The SMILES string of the molecule is O=C(O)N1C2CCC1CN(Cc1c(-c3ccc(Cl)cc3)nc3ncccn13)C2. The van der Waals surface area contributed by atoms with Gasteiger partial charge in [0.15, 0.2) is 0 Å². The van der Waals surface area contributed by atoms with Crippen LogP contribution in [0.5, 0.6) is 0 Å². The highest BCUT2D eigenvalue weighted by Gasteiger charge is 2.42. The molecule has 28 heavy (non-hydrogen) atoms. The maximum atomic E-state index is 11.6. The Balaban J connectivity index is 1.50. The number of likely N-dealkylation sites (tertiary alicyclic amines) is 1. The molecule has 2 fully saturated rings. The molecule has 0 saturated carbocycles. The summed E-state index contributed by atoms with van der Waals surface area (Å²) in [5.41, 5.74) is 2.95. The van der Waals surface area contributed by atoms with Crippen LogP contribution < -0.4 is 0 Å². The van der Waals surface area contributed by atoms with Crippen molar-refractivity contribution < 1.29 is 9.90 Å². The van der Waals surface area contributed by atoms with E-state index in [-0.39, 0.29) is 12.1 Å². The molecule has 2 aliphatic heterocycles. The number of piperazine rings is 1. The molecule has 1 amide bonds. The molecular formula is C20H20ClN5O2. The predicted octanol–water partition coefficient (Wildman–Crippen LogP) is 3.38. The number of rotatable bonds is 3. The Morgan fingerprint density at radius 2 is 1.89 bits per heavy atom. The van der Waals surface area contributed by atoms with Gasteiger partial charge in [-0.2, -0.15) is 0 Å². The smallest absolute Gasteiger partial charge is 0.407 e. The molecule has 2 saturated heterocycles. The highest BCUT2D eigenvalue weighted by molar-refractivity contribution is 6.30. The topological polar surface area (TPSA) is 74.0 Å². The summed E-state index contributed by atoms with van der Waals surface area (Å²) in [7, 11) is 0. The third-order valence-corrected chi connectivity index (χ3v) is 6.02. The van der Waals surface area contributed by atoms with Gasteiger partial charge in [0.1, 0.15) is 0 Å². The van der Waals surface area contributed by atoms with Crippen LogP contribution in [0, 0.1) is 0 Å². The summed E-state index contributed by atoms with van der Waals surface area (Å²) in [5, 5.41) is 10.2. The van der Waals surface area contributed by atoms with E-state index in [0.29, 0.717) is 17.3 Å². The van der Waals surface area contributed by atoms with E-state index in [0.717, 1.165) is 42.9 Å². The van der Waals surface area contributed by atoms with Gasteiger partial charge in [-0.1, -0.05) is 23.7 Å². The largest absolute Gasteiger partial charge is 0.465 e. The molecule has 2 unspecified atom stereocenters. The van der Waals surface area contributed by atoms with E-state index >= 15 is 0 Å². The number of halogens is 1. The molecule has 2 aromatic heterocycles. The lowest BCUT2D eigenvalue weighted by Gasteiger charge is -2.39. The van der Waals surface area contributed by atoms with Crippen LogP contribution in [0.25, 0.3) is 17.0 Å². The molecule has 7 nitrogen and oxygen atoms in total. The molecule has 0 radical (unpaired) electrons. The van der Waals surface area contributed by atoms with E-state index in [1.807, 2.05) is 40.9 Å². The van der Waals surface area contributed by atoms with Crippen molar-refractivity contribution in [3.05, 3.63) is 53.4 Å². The molecule has 0 aliphatic carbocycles. The second-order valence-electron chi connectivity index (χ2n) is 7.47. The number of hydrogen-bond donors (Lipinski definition) is 1. The first kappa shape index (κ1) is 17.5. The van der Waals surface area contributed by atoms with Crippen molar-refractivity contribution in [2.45, 2.75) is 31.5 Å². The Kier molecular flexibility index (Phi) is 4.21. The normalized spacial score (nSPS) is 22.1. The minimum Gasteiger partial charge on any atom is -0.465 e. The zero-order chi connectivity index (χ0) is 19.3. The molecule has 8 heteroatoms. The summed E-state index contributed by atoms with van der Waals surface area (Å²) in [5.74, 6) is 0.662. The van der Waals surface area contributed by atoms with Gasteiger partial charge in [-0.05, 0) is 31.0 Å². The molecule has 2 bridgehead atoms. The van der Waals surface area contributed by atoms with E-state index in [4.69, 9.17) is 16.6 Å². The molecule has 1 N–H and O–H groups in total. The van der Waals surface area contributed by atoms with Crippen LogP contribution in [-0.2, 0) is 6.54 Å². The lowest BCUT2D eigenvalue weighted by atomic mass is 10.1. The molecule has 5 rings (SSSR count). The van der Waals surface area contributed by atoms with Crippen LogP contribution in [0.4, 0.5) is 4.79 Å². The van der Waals surface area contributed by atoms with Crippen LogP contribution in [-0.4, -0.2) is 60.5 Å². The number of amides is 1. The summed E-state index contributed by atoms with van der Waals surface area (Å²) in [6, 6.07) is 9.73. The maximum absolute atomic E-state index is 11.6. The summed E-state index contributed by atoms with van der Waals surface area (Å²) >= 11 is 6.05. The summed E-state index contributed by atoms with van der Waals surface area (Å²) < 4.78 is 2.02. The average Bonchev–Trinajstić information content (AvgIpc) is 3.18. The maximum Gasteiger partial charge on any atom is 0.407 e. The number of hydrogen-bond acceptors (Lipinski definition) is 4. The number of fused-ring (bicyclic) bond motifs is 3. The lowest BCUT2D eigenvalue weighted by Crippen LogP contribution is -2.55. The molecule has 3 aromatic rings. The summed E-state index contributed by atoms with van der Waals surface area (Å²) in [6.07, 6.45) is 4.79. The van der Waals surface area contributed by atoms with Crippen LogP contribution in [0.1, 0.15) is 18.5 Å². The fourth-order valence-electron chi connectivity index (χ4n) is 4.57. The first-order chi connectivity index (χ1) is 13.6. The van der Waals surface area contributed by atoms with Gasteiger partial charge in [-0.15, -0.1) is 0 Å². The van der Waals surface area contributed by atoms with E-state index in [2.05, 4.69) is 9.88 Å². The van der Waals surface area contributed by atoms with Gasteiger partial charge >= 0.3 is 6.09 Å². The van der Waals surface area contributed by atoms with Crippen molar-refractivity contribution in [3.63, 3.8) is 0 Å². The van der Waals surface area contributed by atoms with Crippen molar-refractivity contribution in [1.29, 1.82) is 0 Å². The molecule has 2 aliphatic rings. The molecule has 2 atom stereocenters. The van der Waals surface area contributed by atoms with Gasteiger partial charge in [0.25, 0.3) is 0 Å². The second kappa shape index (κ2) is 6.76.